The Kier molecular flexibility index (Phi) is 7.15. The number of pyridine rings is 1. The monoisotopic (exact) mass is 383 g/mol. The van der Waals surface area contributed by atoms with E-state index in [-0.39, 0.29) is 35.6 Å². The van der Waals surface area contributed by atoms with Crippen LogP contribution in [0, 0.1) is 20.8 Å². The standard InChI is InChI=1S/C22H29N3O3/c1-6-7-20(26)24-19-11-9-16(4)25(22(19)28)13-21(27)23-17(5)18-10-8-14(2)12-15(18)3/h8-12,17H,6-7,13H2,1-5H3,(H,23,27)(H,24,26)/t17-/m0/s1. The number of carbonyl (C=O) groups is 2. The topological polar surface area (TPSA) is 80.2 Å². The third-order valence-corrected chi connectivity index (χ3v) is 4.71. The summed E-state index contributed by atoms with van der Waals surface area (Å²) >= 11 is 0. The number of nitrogens with zero attached hydrogens (tertiary/aromatic N) is 1. The van der Waals surface area contributed by atoms with Crippen LogP contribution in [-0.4, -0.2) is 16.4 Å². The highest BCUT2D eigenvalue weighted by atomic mass is 16.2. The number of carbonyl (C=O) groups excluding carboxylic acids is 2. The van der Waals surface area contributed by atoms with Gasteiger partial charge in [0.1, 0.15) is 12.2 Å². The summed E-state index contributed by atoms with van der Waals surface area (Å²) in [5.41, 5.74) is 3.81. The van der Waals surface area contributed by atoms with Gasteiger partial charge in [0.05, 0.1) is 6.04 Å². The molecular formula is C22H29N3O3. The molecule has 0 aliphatic rings. The average Bonchev–Trinajstić information content (AvgIpc) is 2.61. The quantitative estimate of drug-likeness (QED) is 0.769. The second kappa shape index (κ2) is 9.35. The van der Waals surface area contributed by atoms with Gasteiger partial charge in [-0.05, 0) is 57.4 Å². The second-order valence-electron chi connectivity index (χ2n) is 7.23. The summed E-state index contributed by atoms with van der Waals surface area (Å²) in [4.78, 5) is 37.0. The Labute approximate surface area is 166 Å². The van der Waals surface area contributed by atoms with Crippen molar-refractivity contribution in [3.63, 3.8) is 0 Å². The maximum Gasteiger partial charge on any atom is 0.274 e. The molecule has 0 fully saturated rings. The van der Waals surface area contributed by atoms with Gasteiger partial charge in [-0.1, -0.05) is 30.7 Å². The van der Waals surface area contributed by atoms with Gasteiger partial charge in [0, 0.05) is 12.1 Å². The minimum absolute atomic E-state index is 0.0998. The zero-order valence-corrected chi connectivity index (χ0v) is 17.3. The lowest BCUT2D eigenvalue weighted by molar-refractivity contribution is -0.122. The van der Waals surface area contributed by atoms with Gasteiger partial charge in [-0.25, -0.2) is 0 Å². The van der Waals surface area contributed by atoms with Crippen LogP contribution in [0.15, 0.2) is 35.1 Å². The summed E-state index contributed by atoms with van der Waals surface area (Å²) in [6.45, 7) is 9.53. The van der Waals surface area contributed by atoms with Gasteiger partial charge in [-0.3, -0.25) is 14.4 Å². The van der Waals surface area contributed by atoms with Gasteiger partial charge in [-0.2, -0.15) is 0 Å². The lowest BCUT2D eigenvalue weighted by Crippen LogP contribution is -2.35. The summed E-state index contributed by atoms with van der Waals surface area (Å²) in [6, 6.07) is 9.24. The molecule has 0 spiro atoms. The molecule has 0 unspecified atom stereocenters. The summed E-state index contributed by atoms with van der Waals surface area (Å²) in [7, 11) is 0. The molecule has 2 rings (SSSR count). The Morgan fingerprint density at radius 1 is 1.07 bits per heavy atom. The van der Waals surface area contributed by atoms with E-state index in [0.717, 1.165) is 11.1 Å². The molecule has 0 saturated heterocycles. The van der Waals surface area contributed by atoms with Crippen molar-refractivity contribution in [2.24, 2.45) is 0 Å². The molecule has 0 bridgehead atoms. The fraction of sp³-hybridized carbons (Fsp3) is 0.409. The number of hydrogen-bond donors (Lipinski definition) is 2. The summed E-state index contributed by atoms with van der Waals surface area (Å²) < 4.78 is 1.38. The van der Waals surface area contributed by atoms with Gasteiger partial charge in [0.2, 0.25) is 11.8 Å². The van der Waals surface area contributed by atoms with Crippen LogP contribution < -0.4 is 16.2 Å². The van der Waals surface area contributed by atoms with Crippen molar-refractivity contribution in [3.05, 3.63) is 63.1 Å². The molecule has 0 aliphatic heterocycles. The first-order valence-corrected chi connectivity index (χ1v) is 9.59. The minimum Gasteiger partial charge on any atom is -0.348 e. The highest BCUT2D eigenvalue weighted by Crippen LogP contribution is 2.18. The van der Waals surface area contributed by atoms with Crippen molar-refractivity contribution < 1.29 is 9.59 Å². The van der Waals surface area contributed by atoms with Crippen LogP contribution in [0.1, 0.15) is 55.1 Å². The van der Waals surface area contributed by atoms with E-state index in [2.05, 4.69) is 16.7 Å². The van der Waals surface area contributed by atoms with E-state index < -0.39 is 0 Å². The predicted molar refractivity (Wildman–Crippen MR) is 111 cm³/mol. The maximum absolute atomic E-state index is 12.7. The second-order valence-corrected chi connectivity index (χ2v) is 7.23. The molecule has 2 amide bonds. The first-order valence-electron chi connectivity index (χ1n) is 9.59. The molecule has 2 N–H and O–H groups in total. The summed E-state index contributed by atoms with van der Waals surface area (Å²) in [6.07, 6.45) is 1.05. The number of hydrogen-bond acceptors (Lipinski definition) is 3. The Morgan fingerprint density at radius 3 is 2.43 bits per heavy atom. The SMILES string of the molecule is CCCC(=O)Nc1ccc(C)n(CC(=O)N[C@@H](C)c2ccc(C)cc2C)c1=O. The first kappa shape index (κ1) is 21.4. The molecule has 0 saturated carbocycles. The first-order chi connectivity index (χ1) is 13.2. The van der Waals surface area contributed by atoms with Crippen molar-refractivity contribution in [2.45, 2.75) is 60.0 Å². The number of rotatable bonds is 7. The molecule has 28 heavy (non-hydrogen) atoms. The van der Waals surface area contributed by atoms with Crippen LogP contribution in [0.5, 0.6) is 0 Å². The van der Waals surface area contributed by atoms with E-state index in [0.29, 0.717) is 18.5 Å². The fourth-order valence-electron chi connectivity index (χ4n) is 3.22. The smallest absolute Gasteiger partial charge is 0.274 e. The zero-order chi connectivity index (χ0) is 20.8. The van der Waals surface area contributed by atoms with Gasteiger partial charge in [-0.15, -0.1) is 0 Å². The van der Waals surface area contributed by atoms with Crippen LogP contribution in [-0.2, 0) is 16.1 Å². The molecule has 1 aromatic carbocycles. The molecule has 1 atom stereocenters. The van der Waals surface area contributed by atoms with Gasteiger partial charge >= 0.3 is 0 Å². The molecule has 1 aromatic heterocycles. The van der Waals surface area contributed by atoms with Crippen LogP contribution in [0.3, 0.4) is 0 Å². The maximum atomic E-state index is 12.7. The Bertz CT molecular complexity index is 931. The number of aromatic nitrogens is 1. The van der Waals surface area contributed by atoms with E-state index in [9.17, 15) is 14.4 Å². The number of amides is 2. The minimum atomic E-state index is -0.376. The van der Waals surface area contributed by atoms with Crippen LogP contribution in [0.2, 0.25) is 0 Å². The number of benzene rings is 1. The van der Waals surface area contributed by atoms with Gasteiger partial charge in [0.25, 0.3) is 5.56 Å². The van der Waals surface area contributed by atoms with E-state index in [4.69, 9.17) is 0 Å². The van der Waals surface area contributed by atoms with Crippen LogP contribution in [0.25, 0.3) is 0 Å². The van der Waals surface area contributed by atoms with Crippen molar-refractivity contribution in [2.75, 3.05) is 5.32 Å². The Morgan fingerprint density at radius 2 is 1.79 bits per heavy atom. The fourth-order valence-corrected chi connectivity index (χ4v) is 3.22. The molecule has 6 heteroatoms. The van der Waals surface area contributed by atoms with Gasteiger partial charge in [0.15, 0.2) is 0 Å². The molecule has 1 heterocycles. The molecule has 6 nitrogen and oxygen atoms in total. The summed E-state index contributed by atoms with van der Waals surface area (Å²) in [5.74, 6) is -0.461. The van der Waals surface area contributed by atoms with Crippen LogP contribution in [0.4, 0.5) is 5.69 Å². The molecule has 0 radical (unpaired) electrons. The van der Waals surface area contributed by atoms with Crippen molar-refractivity contribution in [3.8, 4) is 0 Å². The van der Waals surface area contributed by atoms with Crippen molar-refractivity contribution in [1.29, 1.82) is 0 Å². The molecule has 150 valence electrons. The Balaban J connectivity index is 2.14. The normalized spacial score (nSPS) is 11.8. The lowest BCUT2D eigenvalue weighted by Gasteiger charge is -2.18. The lowest BCUT2D eigenvalue weighted by atomic mass is 10.0. The van der Waals surface area contributed by atoms with Crippen molar-refractivity contribution >= 4 is 17.5 Å². The third-order valence-electron chi connectivity index (χ3n) is 4.71. The highest BCUT2D eigenvalue weighted by Gasteiger charge is 2.15. The predicted octanol–water partition coefficient (Wildman–Crippen LogP) is 3.39. The van der Waals surface area contributed by atoms with Crippen molar-refractivity contribution in [1.82, 2.24) is 9.88 Å². The van der Waals surface area contributed by atoms with Crippen LogP contribution >= 0.6 is 0 Å². The zero-order valence-electron chi connectivity index (χ0n) is 17.3. The summed E-state index contributed by atoms with van der Waals surface area (Å²) in [5, 5.41) is 5.58. The highest BCUT2D eigenvalue weighted by molar-refractivity contribution is 5.90. The molecule has 2 aromatic rings. The van der Waals surface area contributed by atoms with E-state index in [1.54, 1.807) is 19.1 Å². The largest absolute Gasteiger partial charge is 0.348 e. The average molecular weight is 383 g/mol. The number of nitrogens with one attached hydrogen (secondary N) is 2. The van der Waals surface area contributed by atoms with Gasteiger partial charge < -0.3 is 15.2 Å². The van der Waals surface area contributed by atoms with E-state index in [1.807, 2.05) is 39.8 Å². The number of aryl methyl sites for hydroxylation is 3. The molecular weight excluding hydrogens is 354 g/mol. The molecule has 0 aliphatic carbocycles. The van der Waals surface area contributed by atoms with E-state index in [1.165, 1.54) is 10.1 Å². The Hall–Kier alpha value is -2.89. The van der Waals surface area contributed by atoms with E-state index >= 15 is 0 Å². The number of anilines is 1. The third kappa shape index (κ3) is 5.31.